The van der Waals surface area contributed by atoms with Gasteiger partial charge in [0, 0.05) is 72.1 Å². The maximum atomic E-state index is 15.0. The first kappa shape index (κ1) is 65.1. The van der Waals surface area contributed by atoms with Gasteiger partial charge in [-0.2, -0.15) is 4.99 Å². The number of phenolic OH excluding ortho intramolecular Hbond substituents is 1. The van der Waals surface area contributed by atoms with Crippen LogP contribution in [0.25, 0.3) is 5.57 Å². The number of aliphatic hydroxyl groups excluding tert-OH is 3. The van der Waals surface area contributed by atoms with Crippen molar-refractivity contribution in [2.75, 3.05) is 44.5 Å². The average Bonchev–Trinajstić information content (AvgIpc) is 1.49. The van der Waals surface area contributed by atoms with E-state index in [1.807, 2.05) is 27.8 Å². The van der Waals surface area contributed by atoms with Gasteiger partial charge in [-0.3, -0.25) is 9.59 Å². The highest BCUT2D eigenvalue weighted by Gasteiger charge is 2.76. The van der Waals surface area contributed by atoms with Crippen molar-refractivity contribution < 1.29 is 34.8 Å². The number of Topliss-reactive ketones (excluding diaryl/α,β-unsaturated/α-hetero) is 1. The van der Waals surface area contributed by atoms with Crippen molar-refractivity contribution in [1.82, 2.24) is 26.6 Å². The SMILES string of the molecule is NC1=NC#C[C@H]2CSSC[C@]34C5=C6C=CC[C@@H](O)[C@@H]6N[C@H]6C[C@]7(C[C@@H]8[C@@H]9CCNC[C@@H]9C[C@@H]9C=CCN[C@@H]89)C[C@@H](CC[C@@H]7[C@@]63CC[C@@H]4C[C@@H](C5)N1)CC(=O)CC(=O)/C=C(\CO)c1cc(OCO)c(O)cc1CC1=CNC(N)C=C1[C@@H]2Cc1cccc(CCc2ccccc2)c1. The number of nitrogens with zero attached hydrogens (tertiary/aromatic N) is 1. The van der Waals surface area contributed by atoms with Gasteiger partial charge in [-0.05, 0) is 242 Å². The van der Waals surface area contributed by atoms with Crippen LogP contribution in [0.4, 0.5) is 0 Å². The molecule has 0 radical (unpaired) electrons. The lowest BCUT2D eigenvalue weighted by atomic mass is 9.46. The molecule has 14 aliphatic rings. The Morgan fingerprint density at radius 1 is 0.916 bits per heavy atom. The molecule has 18 atom stereocenters. The number of hydrogen-bond acceptors (Lipinski definition) is 17. The molecule has 502 valence electrons. The maximum Gasteiger partial charge on any atom is 0.202 e. The first-order valence-corrected chi connectivity index (χ1v) is 38.1. The van der Waals surface area contributed by atoms with Crippen LogP contribution in [0.1, 0.15) is 118 Å². The molecule has 6 fully saturated rings. The summed E-state index contributed by atoms with van der Waals surface area (Å²) in [4.78, 5) is 34.6. The van der Waals surface area contributed by atoms with Crippen molar-refractivity contribution >= 4 is 44.7 Å². The second-order valence-corrected chi connectivity index (χ2v) is 32.8. The van der Waals surface area contributed by atoms with Gasteiger partial charge in [0.05, 0.1) is 31.3 Å². The maximum absolute atomic E-state index is 15.0. The number of nitrogens with two attached hydrogens (primary N) is 2. The number of ether oxygens (including phenoxy) is 1. The Hall–Kier alpha value is -5.91. The molecule has 17 rings (SSSR count). The molecule has 3 aromatic carbocycles. The van der Waals surface area contributed by atoms with Crippen molar-refractivity contribution in [2.45, 2.75) is 152 Å². The summed E-state index contributed by atoms with van der Waals surface area (Å²) in [5.41, 5.74) is 23.2. The number of phenols is 1. The number of aromatic hydroxyl groups is 1. The minimum Gasteiger partial charge on any atom is -0.504 e. The number of piperidine rings is 1. The molecule has 13 N–H and O–H groups in total. The van der Waals surface area contributed by atoms with Crippen LogP contribution in [0.2, 0.25) is 0 Å². The van der Waals surface area contributed by atoms with Crippen molar-refractivity contribution in [3.63, 3.8) is 0 Å². The highest BCUT2D eigenvalue weighted by atomic mass is 33.1. The Morgan fingerprint density at radius 3 is 2.65 bits per heavy atom. The molecular weight excluding hydrogens is 1230 g/mol. The van der Waals surface area contributed by atoms with E-state index in [0.717, 1.165) is 119 Å². The van der Waals surface area contributed by atoms with E-state index in [9.17, 15) is 30.0 Å². The predicted molar refractivity (Wildman–Crippen MR) is 377 cm³/mol. The van der Waals surface area contributed by atoms with Crippen molar-refractivity contribution in [3.05, 3.63) is 159 Å². The number of guanidine groups is 1. The Morgan fingerprint density at radius 2 is 1.78 bits per heavy atom. The molecular formula is C78H96N8O7S2. The number of aliphatic hydroxyl groups is 3. The summed E-state index contributed by atoms with van der Waals surface area (Å²) in [5.74, 6) is 7.19. The van der Waals surface area contributed by atoms with Gasteiger partial charge in [-0.1, -0.05) is 112 Å². The highest BCUT2D eigenvalue weighted by Crippen LogP contribution is 2.80. The van der Waals surface area contributed by atoms with Crippen LogP contribution >= 0.6 is 21.6 Å². The molecule has 6 aliphatic carbocycles. The third kappa shape index (κ3) is 12.3. The Kier molecular flexibility index (Phi) is 18.8. The molecule has 8 heterocycles. The largest absolute Gasteiger partial charge is 0.504 e. The summed E-state index contributed by atoms with van der Waals surface area (Å²) in [7, 11) is 3.97. The van der Waals surface area contributed by atoms with Crippen LogP contribution in [-0.2, 0) is 35.3 Å². The van der Waals surface area contributed by atoms with Crippen LogP contribution in [0.15, 0.2) is 137 Å². The van der Waals surface area contributed by atoms with E-state index in [4.69, 9.17) is 21.2 Å². The van der Waals surface area contributed by atoms with Gasteiger partial charge in [-0.15, -0.1) is 0 Å². The number of carbonyl (C=O) groups is 2. The second-order valence-electron chi connectivity index (χ2n) is 30.3. The van der Waals surface area contributed by atoms with E-state index in [1.54, 1.807) is 12.1 Å². The molecule has 17 heteroatoms. The van der Waals surface area contributed by atoms with E-state index in [0.29, 0.717) is 83.7 Å². The molecule has 2 spiro atoms. The molecule has 5 saturated carbocycles. The lowest BCUT2D eigenvalue weighted by Gasteiger charge is -2.60. The zero-order chi connectivity index (χ0) is 65.0. The summed E-state index contributed by atoms with van der Waals surface area (Å²) in [6.07, 6.45) is 28.2. The molecule has 0 amide bonds. The first-order chi connectivity index (χ1) is 46.3. The Labute approximate surface area is 568 Å². The smallest absolute Gasteiger partial charge is 0.202 e. The Bertz CT molecular complexity index is 3720. The van der Waals surface area contributed by atoms with Gasteiger partial charge in [0.25, 0.3) is 0 Å². The molecule has 1 saturated heterocycles. The number of allylic oxidation sites excluding steroid dienone is 3. The van der Waals surface area contributed by atoms with Gasteiger partial charge < -0.3 is 63.2 Å². The minimum atomic E-state index is -0.713. The lowest BCUT2D eigenvalue weighted by Crippen LogP contribution is -2.60. The summed E-state index contributed by atoms with van der Waals surface area (Å²) in [6.45, 7) is 1.71. The average molecular weight is 1320 g/mol. The first-order valence-electron chi connectivity index (χ1n) is 35.6. The predicted octanol–water partition coefficient (Wildman–Crippen LogP) is 8.88. The zero-order valence-corrected chi connectivity index (χ0v) is 56.3. The van der Waals surface area contributed by atoms with E-state index < -0.39 is 31.5 Å². The van der Waals surface area contributed by atoms with Crippen LogP contribution in [0.5, 0.6) is 11.5 Å². The fourth-order valence-corrected chi connectivity index (χ4v) is 25.0. The van der Waals surface area contributed by atoms with Crippen molar-refractivity contribution in [2.24, 2.45) is 86.0 Å². The van der Waals surface area contributed by atoms with Crippen molar-refractivity contribution in [1.29, 1.82) is 0 Å². The number of ketones is 2. The fraction of sp³-hybridized carbons (Fsp3) is 0.551. The number of fused-ring (bicyclic) bond motifs is 10. The van der Waals surface area contributed by atoms with Crippen LogP contribution in [0.3, 0.4) is 0 Å². The van der Waals surface area contributed by atoms with E-state index >= 15 is 0 Å². The van der Waals surface area contributed by atoms with Crippen LogP contribution in [-0.4, -0.2) is 119 Å². The van der Waals surface area contributed by atoms with Gasteiger partial charge in [-0.25, -0.2) is 0 Å². The molecule has 95 heavy (non-hydrogen) atoms. The topological polar surface area (TPSA) is 249 Å². The number of carbonyl (C=O) groups excluding carboxylic acids is 2. The monoisotopic (exact) mass is 1320 g/mol. The molecule has 8 aliphatic heterocycles. The van der Waals surface area contributed by atoms with E-state index in [2.05, 4.69) is 124 Å². The number of aryl methyl sites for hydroxylation is 2. The minimum absolute atomic E-state index is 0.00233. The standard InChI is InChI=1S/C78H96N8O7S2/c79-72-36-64-54(41-84-72)29-52-31-68(92)69(93-45-88)35-62(52)55(42-87)30-59(90)34-58(89)26-49-16-17-70-76(37-49,38-65-60-20-23-81-40-53(60)28-50-11-6-22-82-73(50)65)39-71-77(70)21-18-56-32-57-33-66(61-12-5-13-67(91)74(61)86-71)78(56,77)44-95-94-43-51(19-24-83-75(80)85-57)63(64)27-48-10-4-9-47(25-48)15-14-46-7-2-1-3-8-46/h1-12,25,30-31,35-36,41,49-51,53,56-57,60,63,65,67,70-74,81-82,84,86-88,91-92H,13-18,20-23,26-29,32-34,37-40,42-45,79H2,(H3,80,83,85)/b55-30+/t49-,50-,51-,53-,56+,57-,60+,63+,65+,67+,70-,71-,72?,73+,74+,76+,77-,78-/m0/s1. The Balaban J connectivity index is 0.893. The van der Waals surface area contributed by atoms with Crippen LogP contribution in [0, 0.1) is 81.5 Å². The third-order valence-corrected chi connectivity index (χ3v) is 28.0. The van der Waals surface area contributed by atoms with E-state index in [1.165, 1.54) is 34.8 Å². The number of rotatable bonds is 10. The lowest BCUT2D eigenvalue weighted by molar-refractivity contribution is -0.126. The number of benzene rings is 3. The third-order valence-electron chi connectivity index (χ3n) is 25.5. The second kappa shape index (κ2) is 27.4. The summed E-state index contributed by atoms with van der Waals surface area (Å²) < 4.78 is 5.58. The fourth-order valence-electron chi connectivity index (χ4n) is 22.0. The van der Waals surface area contributed by atoms with Gasteiger partial charge >= 0.3 is 0 Å². The van der Waals surface area contributed by atoms with Crippen LogP contribution < -0.4 is 42.8 Å². The molecule has 15 nitrogen and oxygen atoms in total. The summed E-state index contributed by atoms with van der Waals surface area (Å²) >= 11 is 0. The summed E-state index contributed by atoms with van der Waals surface area (Å²) in [6, 6.07) is 26.2. The van der Waals surface area contributed by atoms with Gasteiger partial charge in [0.15, 0.2) is 24.1 Å². The number of dihydropyridines is 1. The zero-order valence-electron chi connectivity index (χ0n) is 54.7. The summed E-state index contributed by atoms with van der Waals surface area (Å²) in [5, 5.41) is 65.3. The van der Waals surface area contributed by atoms with Crippen molar-refractivity contribution in [3.8, 4) is 23.5 Å². The highest BCUT2D eigenvalue weighted by molar-refractivity contribution is 8.76. The normalized spacial score (nSPS) is 37.9. The number of aliphatic imine (C=N–C) groups is 1. The number of nitrogens with one attached hydrogen (secondary N) is 5. The quantitative estimate of drug-likeness (QED) is 0.0298. The molecule has 1 unspecified atom stereocenters. The molecule has 7 bridgehead atoms. The number of hydrogen-bond donors (Lipinski definition) is 11. The molecule has 3 aromatic rings. The van der Waals surface area contributed by atoms with Gasteiger partial charge in [0.1, 0.15) is 5.78 Å². The van der Waals surface area contributed by atoms with E-state index in [-0.39, 0.29) is 87.8 Å². The molecule has 0 aromatic heterocycles. The van der Waals surface area contributed by atoms with Gasteiger partial charge in [0.2, 0.25) is 5.96 Å².